The summed E-state index contributed by atoms with van der Waals surface area (Å²) >= 11 is 0. The minimum absolute atomic E-state index is 0.725. The van der Waals surface area contributed by atoms with Gasteiger partial charge in [-0.05, 0) is 6.07 Å². The zero-order chi connectivity index (χ0) is 11.8. The Bertz CT molecular complexity index is 375. The monoisotopic (exact) mass is 216 g/mol. The quantitative estimate of drug-likeness (QED) is 0.343. The van der Waals surface area contributed by atoms with Crippen molar-refractivity contribution in [2.24, 2.45) is 5.16 Å². The van der Waals surface area contributed by atoms with Crippen molar-refractivity contribution in [3.05, 3.63) is 55.1 Å². The number of para-hydroxylation sites is 1. The van der Waals surface area contributed by atoms with Crippen molar-refractivity contribution in [1.29, 1.82) is 0 Å². The van der Waals surface area contributed by atoms with E-state index in [0.29, 0.717) is 0 Å². The molecule has 0 heterocycles. The molecule has 0 radical (unpaired) electrons. The molecule has 0 atom stereocenters. The van der Waals surface area contributed by atoms with E-state index in [1.165, 1.54) is 6.21 Å². The van der Waals surface area contributed by atoms with Crippen molar-refractivity contribution in [2.45, 2.75) is 0 Å². The summed E-state index contributed by atoms with van der Waals surface area (Å²) in [5, 5.41) is 11.7. The Hall–Kier alpha value is -2.03. The number of rotatable bonds is 6. The first kappa shape index (κ1) is 12.0. The van der Waals surface area contributed by atoms with Gasteiger partial charge in [-0.3, -0.25) is 0 Å². The Labute approximate surface area is 96.0 Å². The first-order valence-electron chi connectivity index (χ1n) is 5.06. The number of hydrogen-bond acceptors (Lipinski definition) is 3. The van der Waals surface area contributed by atoms with Crippen LogP contribution in [0.1, 0.15) is 5.56 Å². The molecule has 84 valence electrons. The predicted octanol–water partition coefficient (Wildman–Crippen LogP) is 2.67. The van der Waals surface area contributed by atoms with E-state index in [2.05, 4.69) is 23.2 Å². The molecule has 0 spiro atoms. The molecule has 3 heteroatoms. The van der Waals surface area contributed by atoms with Crippen LogP contribution in [0.15, 0.2) is 54.7 Å². The van der Waals surface area contributed by atoms with Gasteiger partial charge in [-0.1, -0.05) is 35.5 Å². The van der Waals surface area contributed by atoms with Crippen LogP contribution in [0.5, 0.6) is 0 Å². The van der Waals surface area contributed by atoms with Crippen LogP contribution in [0.25, 0.3) is 0 Å². The number of hydrogen-bond donors (Lipinski definition) is 1. The minimum Gasteiger partial charge on any atom is -0.411 e. The molecule has 0 saturated heterocycles. The molecule has 0 fully saturated rings. The van der Waals surface area contributed by atoms with Crippen molar-refractivity contribution in [3.63, 3.8) is 0 Å². The lowest BCUT2D eigenvalue weighted by Gasteiger charge is -2.23. The highest BCUT2D eigenvalue weighted by atomic mass is 16.4. The molecule has 1 aromatic rings. The third-order valence-electron chi connectivity index (χ3n) is 2.17. The lowest BCUT2D eigenvalue weighted by atomic mass is 10.1. The summed E-state index contributed by atoms with van der Waals surface area (Å²) in [6, 6.07) is 7.72. The fraction of sp³-hybridized carbons (Fsp3) is 0.154. The average molecular weight is 216 g/mol. The lowest BCUT2D eigenvalue weighted by molar-refractivity contribution is 0.322. The molecule has 0 aliphatic heterocycles. The summed E-state index contributed by atoms with van der Waals surface area (Å²) in [6.45, 7) is 8.90. The summed E-state index contributed by atoms with van der Waals surface area (Å²) in [4.78, 5) is 2.09. The maximum absolute atomic E-state index is 8.60. The predicted molar refractivity (Wildman–Crippen MR) is 68.4 cm³/mol. The van der Waals surface area contributed by atoms with Gasteiger partial charge in [0.25, 0.3) is 0 Å². The topological polar surface area (TPSA) is 35.8 Å². The summed E-state index contributed by atoms with van der Waals surface area (Å²) in [5.74, 6) is 0. The molecule has 0 aliphatic rings. The molecule has 0 aliphatic carbocycles. The molecule has 1 rings (SSSR count). The Morgan fingerprint density at radius 2 is 1.81 bits per heavy atom. The van der Waals surface area contributed by atoms with E-state index in [1.54, 1.807) is 0 Å². The zero-order valence-electron chi connectivity index (χ0n) is 9.21. The van der Waals surface area contributed by atoms with Gasteiger partial charge in [0.15, 0.2) is 0 Å². The summed E-state index contributed by atoms with van der Waals surface area (Å²) in [7, 11) is 0. The van der Waals surface area contributed by atoms with Gasteiger partial charge in [0.05, 0.1) is 6.21 Å². The molecule has 0 saturated carbocycles. The second kappa shape index (κ2) is 6.45. The highest BCUT2D eigenvalue weighted by molar-refractivity contribution is 5.87. The molecule has 0 amide bonds. The fourth-order valence-corrected chi connectivity index (χ4v) is 1.53. The van der Waals surface area contributed by atoms with Crippen LogP contribution in [-0.2, 0) is 0 Å². The fourth-order valence-electron chi connectivity index (χ4n) is 1.53. The van der Waals surface area contributed by atoms with Gasteiger partial charge in [-0.25, -0.2) is 0 Å². The van der Waals surface area contributed by atoms with Crippen molar-refractivity contribution in [2.75, 3.05) is 18.0 Å². The van der Waals surface area contributed by atoms with Gasteiger partial charge in [-0.15, -0.1) is 13.2 Å². The Kier molecular flexibility index (Phi) is 4.86. The third kappa shape index (κ3) is 2.98. The third-order valence-corrected chi connectivity index (χ3v) is 2.17. The SMILES string of the molecule is C=CCN(CC=C)c1ccccc1/C=N/O. The lowest BCUT2D eigenvalue weighted by Crippen LogP contribution is -2.24. The van der Waals surface area contributed by atoms with Gasteiger partial charge in [0.2, 0.25) is 0 Å². The largest absolute Gasteiger partial charge is 0.411 e. The van der Waals surface area contributed by atoms with Crippen molar-refractivity contribution in [1.82, 2.24) is 0 Å². The second-order valence-electron chi connectivity index (χ2n) is 3.29. The Morgan fingerprint density at radius 1 is 1.19 bits per heavy atom. The van der Waals surface area contributed by atoms with Gasteiger partial charge < -0.3 is 10.1 Å². The van der Waals surface area contributed by atoms with Gasteiger partial charge >= 0.3 is 0 Å². The van der Waals surface area contributed by atoms with Crippen LogP contribution >= 0.6 is 0 Å². The molecule has 0 unspecified atom stereocenters. The van der Waals surface area contributed by atoms with E-state index in [9.17, 15) is 0 Å². The molecule has 1 N–H and O–H groups in total. The van der Waals surface area contributed by atoms with Gasteiger partial charge in [-0.2, -0.15) is 0 Å². The maximum atomic E-state index is 8.60. The first-order chi connectivity index (χ1) is 7.83. The van der Waals surface area contributed by atoms with Crippen LogP contribution in [0.2, 0.25) is 0 Å². The average Bonchev–Trinajstić information content (AvgIpc) is 2.30. The molecule has 1 aromatic carbocycles. The summed E-state index contributed by atoms with van der Waals surface area (Å²) in [6.07, 6.45) is 5.08. The molecule has 3 nitrogen and oxygen atoms in total. The normalized spacial score (nSPS) is 10.2. The molecule has 0 aromatic heterocycles. The van der Waals surface area contributed by atoms with Gasteiger partial charge in [0.1, 0.15) is 0 Å². The van der Waals surface area contributed by atoms with Crippen LogP contribution in [0.3, 0.4) is 0 Å². The Morgan fingerprint density at radius 3 is 2.38 bits per heavy atom. The van der Waals surface area contributed by atoms with E-state index in [-0.39, 0.29) is 0 Å². The Balaban J connectivity index is 3.05. The standard InChI is InChI=1S/C13H16N2O/c1-3-9-15(10-4-2)13-8-6-5-7-12(13)11-14-16/h3-8,11,16H,1-2,9-10H2/b14-11+. The van der Waals surface area contributed by atoms with Crippen LogP contribution in [0, 0.1) is 0 Å². The molecular formula is C13H16N2O. The molecule has 16 heavy (non-hydrogen) atoms. The number of oxime groups is 1. The van der Waals surface area contributed by atoms with Crippen LogP contribution in [0.4, 0.5) is 5.69 Å². The highest BCUT2D eigenvalue weighted by Crippen LogP contribution is 2.18. The first-order valence-corrected chi connectivity index (χ1v) is 5.06. The minimum atomic E-state index is 0.725. The molecular weight excluding hydrogens is 200 g/mol. The van der Waals surface area contributed by atoms with Crippen LogP contribution in [-0.4, -0.2) is 24.5 Å². The van der Waals surface area contributed by atoms with Crippen molar-refractivity contribution < 1.29 is 5.21 Å². The van der Waals surface area contributed by atoms with E-state index in [1.807, 2.05) is 36.4 Å². The number of nitrogens with zero attached hydrogens (tertiary/aromatic N) is 2. The van der Waals surface area contributed by atoms with E-state index >= 15 is 0 Å². The molecule has 0 bridgehead atoms. The van der Waals surface area contributed by atoms with Crippen molar-refractivity contribution >= 4 is 11.9 Å². The van der Waals surface area contributed by atoms with E-state index in [4.69, 9.17) is 5.21 Å². The zero-order valence-corrected chi connectivity index (χ0v) is 9.21. The van der Waals surface area contributed by atoms with E-state index < -0.39 is 0 Å². The van der Waals surface area contributed by atoms with Crippen molar-refractivity contribution in [3.8, 4) is 0 Å². The maximum Gasteiger partial charge on any atom is 0.0754 e. The summed E-state index contributed by atoms with van der Waals surface area (Å²) < 4.78 is 0. The van der Waals surface area contributed by atoms with E-state index in [0.717, 1.165) is 24.3 Å². The highest BCUT2D eigenvalue weighted by Gasteiger charge is 2.06. The summed E-state index contributed by atoms with van der Waals surface area (Å²) in [5.41, 5.74) is 1.87. The number of benzene rings is 1. The van der Waals surface area contributed by atoms with Gasteiger partial charge in [0, 0.05) is 24.3 Å². The second-order valence-corrected chi connectivity index (χ2v) is 3.29. The number of anilines is 1. The smallest absolute Gasteiger partial charge is 0.0754 e. The van der Waals surface area contributed by atoms with Crippen LogP contribution < -0.4 is 4.90 Å².